The van der Waals surface area contributed by atoms with E-state index in [0.717, 1.165) is 27.7 Å². The van der Waals surface area contributed by atoms with Crippen LogP contribution in [0.25, 0.3) is 0 Å². The summed E-state index contributed by atoms with van der Waals surface area (Å²) in [6.45, 7) is 3.97. The Morgan fingerprint density at radius 3 is 2.04 bits per heavy atom. The van der Waals surface area contributed by atoms with Crippen molar-refractivity contribution in [1.29, 1.82) is 0 Å². The zero-order chi connectivity index (χ0) is 18.4. The van der Waals surface area contributed by atoms with Crippen molar-refractivity contribution in [3.63, 3.8) is 0 Å². The van der Waals surface area contributed by atoms with Crippen molar-refractivity contribution in [3.05, 3.63) is 0 Å². The molecule has 136 valence electrons. The molecule has 1 unspecified atom stereocenters. The number of esters is 3. The Labute approximate surface area is 137 Å². The van der Waals surface area contributed by atoms with E-state index in [0.29, 0.717) is 0 Å². The molecule has 0 radical (unpaired) electrons. The van der Waals surface area contributed by atoms with E-state index in [2.05, 4.69) is 5.32 Å². The molecule has 10 heteroatoms. The van der Waals surface area contributed by atoms with Crippen LogP contribution in [0.4, 0.5) is 4.39 Å². The first kappa shape index (κ1) is 19.8. The van der Waals surface area contributed by atoms with Crippen LogP contribution in [0.1, 0.15) is 27.7 Å². The zero-order valence-electron chi connectivity index (χ0n) is 13.7. The Morgan fingerprint density at radius 2 is 1.58 bits per heavy atom. The molecule has 1 fully saturated rings. The molecule has 5 atom stereocenters. The highest BCUT2D eigenvalue weighted by Crippen LogP contribution is 2.27. The first-order valence-electron chi connectivity index (χ1n) is 7.16. The monoisotopic (exact) mass is 349 g/mol. The van der Waals surface area contributed by atoms with Gasteiger partial charge in [0.25, 0.3) is 0 Å². The summed E-state index contributed by atoms with van der Waals surface area (Å²) in [4.78, 5) is 44.7. The summed E-state index contributed by atoms with van der Waals surface area (Å²) in [5.41, 5.74) is 0. The Hall–Kier alpha value is -2.23. The Kier molecular flexibility index (Phi) is 7.08. The lowest BCUT2D eigenvalue weighted by molar-refractivity contribution is -0.256. The number of carbonyl (C=O) groups is 4. The molecule has 9 nitrogen and oxygen atoms in total. The summed E-state index contributed by atoms with van der Waals surface area (Å²) in [6.07, 6.45) is -6.15. The van der Waals surface area contributed by atoms with Gasteiger partial charge < -0.3 is 24.3 Å². The number of halogens is 1. The molecule has 24 heavy (non-hydrogen) atoms. The van der Waals surface area contributed by atoms with Crippen molar-refractivity contribution in [2.45, 2.75) is 58.4 Å². The van der Waals surface area contributed by atoms with Gasteiger partial charge >= 0.3 is 17.9 Å². The second-order valence-corrected chi connectivity index (χ2v) is 5.20. The SMILES string of the molecule is CC(=O)N[C@@H]1C(OC(C)=O)O[C@H](COC(C)=O)[C@@H](F)[C@@H]1OC(C)=O. The Balaban J connectivity index is 3.07. The molecule has 1 saturated heterocycles. The molecule has 0 aromatic heterocycles. The van der Waals surface area contributed by atoms with Crippen LogP contribution in [0.2, 0.25) is 0 Å². The number of alkyl halides is 1. The fourth-order valence-corrected chi connectivity index (χ4v) is 2.21. The summed E-state index contributed by atoms with van der Waals surface area (Å²) in [7, 11) is 0. The van der Waals surface area contributed by atoms with Gasteiger partial charge in [-0.1, -0.05) is 0 Å². The molecular weight excluding hydrogens is 329 g/mol. The molecule has 1 rings (SSSR count). The maximum absolute atomic E-state index is 14.6. The first-order chi connectivity index (χ1) is 11.1. The number of rotatable bonds is 5. The molecule has 0 aromatic rings. The van der Waals surface area contributed by atoms with Gasteiger partial charge in [0.2, 0.25) is 12.2 Å². The molecule has 1 aliphatic heterocycles. The Bertz CT molecular complexity index is 511. The van der Waals surface area contributed by atoms with Crippen LogP contribution >= 0.6 is 0 Å². The minimum atomic E-state index is -1.92. The van der Waals surface area contributed by atoms with Crippen LogP contribution in [0, 0.1) is 0 Å². The van der Waals surface area contributed by atoms with Crippen molar-refractivity contribution in [2.75, 3.05) is 6.61 Å². The van der Waals surface area contributed by atoms with Crippen LogP contribution in [0.5, 0.6) is 0 Å². The van der Waals surface area contributed by atoms with Crippen molar-refractivity contribution in [2.24, 2.45) is 0 Å². The molecule has 1 aliphatic rings. The van der Waals surface area contributed by atoms with E-state index in [4.69, 9.17) is 18.9 Å². The van der Waals surface area contributed by atoms with Crippen molar-refractivity contribution in [3.8, 4) is 0 Å². The van der Waals surface area contributed by atoms with Gasteiger partial charge in [0.1, 0.15) is 18.8 Å². The molecule has 0 spiro atoms. The van der Waals surface area contributed by atoms with Gasteiger partial charge in [0.15, 0.2) is 12.3 Å². The lowest BCUT2D eigenvalue weighted by Crippen LogP contribution is -2.64. The van der Waals surface area contributed by atoms with Crippen LogP contribution in [-0.4, -0.2) is 61.1 Å². The van der Waals surface area contributed by atoms with Crippen LogP contribution in [0.15, 0.2) is 0 Å². The van der Waals surface area contributed by atoms with Gasteiger partial charge in [0.05, 0.1) is 0 Å². The van der Waals surface area contributed by atoms with Gasteiger partial charge in [-0.25, -0.2) is 4.39 Å². The molecular formula is C14H20FNO8. The van der Waals surface area contributed by atoms with Gasteiger partial charge in [-0.2, -0.15) is 0 Å². The van der Waals surface area contributed by atoms with Gasteiger partial charge in [-0.05, 0) is 0 Å². The summed E-state index contributed by atoms with van der Waals surface area (Å²) in [6, 6.07) is -1.25. The smallest absolute Gasteiger partial charge is 0.305 e. The van der Waals surface area contributed by atoms with Crippen LogP contribution < -0.4 is 5.32 Å². The standard InChI is InChI=1S/C14H20FNO8/c1-6(17)16-12-13(22-8(3)19)11(15)10(5-21-7(2)18)24-14(12)23-9(4)20/h10-14H,5H2,1-4H3,(H,16,17)/t10-,11-,12+,13+,14?/m1/s1. The molecule has 0 saturated carbocycles. The highest BCUT2D eigenvalue weighted by molar-refractivity contribution is 5.74. The maximum atomic E-state index is 14.6. The lowest BCUT2D eigenvalue weighted by Gasteiger charge is -2.42. The zero-order valence-corrected chi connectivity index (χ0v) is 13.7. The van der Waals surface area contributed by atoms with Crippen LogP contribution in [-0.2, 0) is 38.1 Å². The first-order valence-corrected chi connectivity index (χ1v) is 7.16. The number of hydrogen-bond donors (Lipinski definition) is 1. The van der Waals surface area contributed by atoms with E-state index in [9.17, 15) is 23.6 Å². The summed E-state index contributed by atoms with van der Waals surface area (Å²) in [5, 5.41) is 2.34. The molecule has 1 amide bonds. The number of ether oxygens (including phenoxy) is 4. The van der Waals surface area contributed by atoms with E-state index in [1.807, 2.05) is 0 Å². The number of amides is 1. The largest absolute Gasteiger partial charge is 0.463 e. The third-order valence-electron chi connectivity index (χ3n) is 3.03. The van der Waals surface area contributed by atoms with Crippen molar-refractivity contribution in [1.82, 2.24) is 5.32 Å². The van der Waals surface area contributed by atoms with Crippen LogP contribution in [0.3, 0.4) is 0 Å². The fraction of sp³-hybridized carbons (Fsp3) is 0.714. The van der Waals surface area contributed by atoms with E-state index < -0.39 is 61.1 Å². The predicted molar refractivity (Wildman–Crippen MR) is 75.1 cm³/mol. The normalized spacial score (nSPS) is 29.3. The van der Waals surface area contributed by atoms with Gasteiger partial charge in [-0.15, -0.1) is 0 Å². The van der Waals surface area contributed by atoms with Gasteiger partial charge in [0, 0.05) is 27.7 Å². The second-order valence-electron chi connectivity index (χ2n) is 5.20. The average Bonchev–Trinajstić information content (AvgIpc) is 2.42. The predicted octanol–water partition coefficient (Wildman–Crippen LogP) is -0.388. The van der Waals surface area contributed by atoms with Crippen molar-refractivity contribution < 1.29 is 42.5 Å². The molecule has 1 heterocycles. The topological polar surface area (TPSA) is 117 Å². The number of carbonyl (C=O) groups excluding carboxylic acids is 4. The third kappa shape index (κ3) is 5.76. The molecule has 1 N–H and O–H groups in total. The van der Waals surface area contributed by atoms with E-state index in [1.165, 1.54) is 0 Å². The quantitative estimate of drug-likeness (QED) is 0.527. The summed E-state index contributed by atoms with van der Waals surface area (Å²) < 4.78 is 34.5. The summed E-state index contributed by atoms with van der Waals surface area (Å²) >= 11 is 0. The number of nitrogens with one attached hydrogen (secondary N) is 1. The van der Waals surface area contributed by atoms with E-state index in [-0.39, 0.29) is 0 Å². The minimum absolute atomic E-state index is 0.473. The highest BCUT2D eigenvalue weighted by atomic mass is 19.1. The maximum Gasteiger partial charge on any atom is 0.305 e. The number of hydrogen-bond acceptors (Lipinski definition) is 8. The van der Waals surface area contributed by atoms with Gasteiger partial charge in [-0.3, -0.25) is 19.2 Å². The summed E-state index contributed by atoms with van der Waals surface area (Å²) in [5.74, 6) is -2.78. The van der Waals surface area contributed by atoms with E-state index >= 15 is 0 Å². The molecule has 0 bridgehead atoms. The third-order valence-corrected chi connectivity index (χ3v) is 3.03. The lowest BCUT2D eigenvalue weighted by atomic mass is 9.97. The minimum Gasteiger partial charge on any atom is -0.463 e. The fourth-order valence-electron chi connectivity index (χ4n) is 2.21. The van der Waals surface area contributed by atoms with Crippen molar-refractivity contribution >= 4 is 23.8 Å². The average molecular weight is 349 g/mol. The highest BCUT2D eigenvalue weighted by Gasteiger charge is 2.50. The Morgan fingerprint density at radius 1 is 1.00 bits per heavy atom. The molecule has 0 aliphatic carbocycles. The second kappa shape index (κ2) is 8.57. The molecule has 0 aromatic carbocycles. The van der Waals surface area contributed by atoms with E-state index in [1.54, 1.807) is 0 Å².